The molecule has 0 aromatic carbocycles. The van der Waals surface area contributed by atoms with Gasteiger partial charge in [-0.3, -0.25) is 0 Å². The second-order valence-electron chi connectivity index (χ2n) is 5.60. The highest BCUT2D eigenvalue weighted by Gasteiger charge is 2.24. The zero-order valence-corrected chi connectivity index (χ0v) is 12.9. The highest BCUT2D eigenvalue weighted by molar-refractivity contribution is 4.99. The number of likely N-dealkylation sites (N-methyl/N-ethyl adjacent to an activating group) is 1. The monoisotopic (exact) mass is 281 g/mol. The summed E-state index contributed by atoms with van der Waals surface area (Å²) in [6.45, 7) is 8.26. The van der Waals surface area contributed by atoms with Crippen LogP contribution in [0.15, 0.2) is 4.52 Å². The van der Waals surface area contributed by atoms with Crippen molar-refractivity contribution in [1.82, 2.24) is 15.5 Å². The van der Waals surface area contributed by atoms with Gasteiger partial charge >= 0.3 is 0 Å². The topological polar surface area (TPSA) is 60.2 Å². The SMILES string of the molecule is CCNC(C)C(CC)c1nc(CC2CCCCO2)no1. The number of hydrogen-bond acceptors (Lipinski definition) is 5. The molecule has 114 valence electrons. The molecule has 0 bridgehead atoms. The average Bonchev–Trinajstić information content (AvgIpc) is 2.89. The summed E-state index contributed by atoms with van der Waals surface area (Å²) in [4.78, 5) is 4.58. The van der Waals surface area contributed by atoms with Crippen LogP contribution in [0.2, 0.25) is 0 Å². The van der Waals surface area contributed by atoms with Gasteiger partial charge < -0.3 is 14.6 Å². The first-order chi connectivity index (χ1) is 9.74. The predicted octanol–water partition coefficient (Wildman–Crippen LogP) is 2.67. The lowest BCUT2D eigenvalue weighted by molar-refractivity contribution is 0.0153. The first kappa shape index (κ1) is 15.4. The molecule has 0 amide bonds. The third-order valence-electron chi connectivity index (χ3n) is 4.05. The maximum atomic E-state index is 5.73. The Morgan fingerprint density at radius 2 is 2.20 bits per heavy atom. The van der Waals surface area contributed by atoms with E-state index in [1.54, 1.807) is 0 Å². The molecule has 3 atom stereocenters. The van der Waals surface area contributed by atoms with Gasteiger partial charge in [-0.25, -0.2) is 0 Å². The van der Waals surface area contributed by atoms with Crippen molar-refractivity contribution < 1.29 is 9.26 Å². The van der Waals surface area contributed by atoms with Gasteiger partial charge in [-0.05, 0) is 39.2 Å². The van der Waals surface area contributed by atoms with E-state index >= 15 is 0 Å². The smallest absolute Gasteiger partial charge is 0.231 e. The van der Waals surface area contributed by atoms with Crippen molar-refractivity contribution in [2.45, 2.75) is 70.9 Å². The molecule has 1 aliphatic rings. The molecule has 1 aromatic rings. The molecule has 3 unspecified atom stereocenters. The largest absolute Gasteiger partial charge is 0.378 e. The van der Waals surface area contributed by atoms with E-state index in [0.717, 1.165) is 44.1 Å². The van der Waals surface area contributed by atoms with E-state index < -0.39 is 0 Å². The Hall–Kier alpha value is -0.940. The molecular formula is C15H27N3O2. The molecule has 0 spiro atoms. The Morgan fingerprint density at radius 1 is 1.35 bits per heavy atom. The Morgan fingerprint density at radius 3 is 2.85 bits per heavy atom. The van der Waals surface area contributed by atoms with Gasteiger partial charge in [0, 0.05) is 19.1 Å². The van der Waals surface area contributed by atoms with Crippen molar-refractivity contribution in [2.24, 2.45) is 0 Å². The van der Waals surface area contributed by atoms with Gasteiger partial charge in [0.15, 0.2) is 5.82 Å². The van der Waals surface area contributed by atoms with E-state index in [4.69, 9.17) is 9.26 Å². The van der Waals surface area contributed by atoms with E-state index in [-0.39, 0.29) is 12.0 Å². The summed E-state index contributed by atoms with van der Waals surface area (Å²) in [6, 6.07) is 0.351. The first-order valence-corrected chi connectivity index (χ1v) is 7.92. The molecule has 1 saturated heterocycles. The fourth-order valence-corrected chi connectivity index (χ4v) is 2.88. The summed E-state index contributed by atoms with van der Waals surface area (Å²) in [6.07, 6.45) is 5.55. The molecule has 0 radical (unpaired) electrons. The van der Waals surface area contributed by atoms with Crippen LogP contribution in [0.25, 0.3) is 0 Å². The van der Waals surface area contributed by atoms with E-state index in [9.17, 15) is 0 Å². The van der Waals surface area contributed by atoms with Gasteiger partial charge in [0.1, 0.15) is 0 Å². The lowest BCUT2D eigenvalue weighted by Crippen LogP contribution is -2.32. The first-order valence-electron chi connectivity index (χ1n) is 7.92. The fraction of sp³-hybridized carbons (Fsp3) is 0.867. The molecule has 1 N–H and O–H groups in total. The number of nitrogens with zero attached hydrogens (tertiary/aromatic N) is 2. The molecule has 2 rings (SSSR count). The van der Waals surface area contributed by atoms with Gasteiger partial charge in [0.25, 0.3) is 0 Å². The molecular weight excluding hydrogens is 254 g/mol. The third kappa shape index (κ3) is 4.03. The van der Waals surface area contributed by atoms with Crippen LogP contribution in [-0.4, -0.2) is 35.4 Å². The van der Waals surface area contributed by atoms with Gasteiger partial charge in [-0.2, -0.15) is 4.98 Å². The number of ether oxygens (including phenoxy) is 1. The van der Waals surface area contributed by atoms with Crippen LogP contribution in [0.3, 0.4) is 0 Å². The zero-order chi connectivity index (χ0) is 14.4. The molecule has 0 aliphatic carbocycles. The van der Waals surface area contributed by atoms with E-state index in [0.29, 0.717) is 6.04 Å². The maximum Gasteiger partial charge on any atom is 0.231 e. The predicted molar refractivity (Wildman–Crippen MR) is 77.8 cm³/mol. The maximum absolute atomic E-state index is 5.73. The highest BCUT2D eigenvalue weighted by Crippen LogP contribution is 2.23. The Kier molecular flexibility index (Phi) is 5.98. The van der Waals surface area contributed by atoms with Crippen LogP contribution in [0.5, 0.6) is 0 Å². The van der Waals surface area contributed by atoms with Crippen LogP contribution < -0.4 is 5.32 Å². The molecule has 0 saturated carbocycles. The number of nitrogens with one attached hydrogen (secondary N) is 1. The van der Waals surface area contributed by atoms with Crippen molar-refractivity contribution in [1.29, 1.82) is 0 Å². The van der Waals surface area contributed by atoms with Crippen molar-refractivity contribution in [3.05, 3.63) is 11.7 Å². The molecule has 2 heterocycles. The molecule has 1 fully saturated rings. The average molecular weight is 281 g/mol. The highest BCUT2D eigenvalue weighted by atomic mass is 16.5. The number of aromatic nitrogens is 2. The summed E-state index contributed by atoms with van der Waals surface area (Å²) in [5.74, 6) is 1.82. The second-order valence-corrected chi connectivity index (χ2v) is 5.60. The minimum Gasteiger partial charge on any atom is -0.378 e. The standard InChI is InChI=1S/C15H27N3O2/c1-4-13(11(3)16-5-2)15-17-14(18-20-15)10-12-8-6-7-9-19-12/h11-13,16H,4-10H2,1-3H3. The lowest BCUT2D eigenvalue weighted by Gasteiger charge is -2.21. The number of rotatable bonds is 7. The second kappa shape index (κ2) is 7.74. The van der Waals surface area contributed by atoms with Gasteiger partial charge in [0.2, 0.25) is 5.89 Å². The minimum absolute atomic E-state index is 0.264. The Bertz CT molecular complexity index is 388. The Labute approximate surface area is 121 Å². The van der Waals surface area contributed by atoms with Gasteiger partial charge in [0.05, 0.1) is 12.0 Å². The van der Waals surface area contributed by atoms with Crippen LogP contribution in [0, 0.1) is 0 Å². The van der Waals surface area contributed by atoms with Crippen LogP contribution in [0.1, 0.15) is 64.1 Å². The van der Waals surface area contributed by atoms with Crippen LogP contribution >= 0.6 is 0 Å². The van der Waals surface area contributed by atoms with Gasteiger partial charge in [-0.15, -0.1) is 0 Å². The van der Waals surface area contributed by atoms with E-state index in [2.05, 4.69) is 36.2 Å². The summed E-state index contributed by atoms with van der Waals surface area (Å²) < 4.78 is 11.2. The van der Waals surface area contributed by atoms with Crippen LogP contribution in [-0.2, 0) is 11.2 Å². The van der Waals surface area contributed by atoms with Crippen molar-refractivity contribution >= 4 is 0 Å². The molecule has 5 heteroatoms. The summed E-state index contributed by atoms with van der Waals surface area (Å²) in [5.41, 5.74) is 0. The molecule has 1 aromatic heterocycles. The van der Waals surface area contributed by atoms with Gasteiger partial charge in [-0.1, -0.05) is 19.0 Å². The fourth-order valence-electron chi connectivity index (χ4n) is 2.88. The zero-order valence-electron chi connectivity index (χ0n) is 12.9. The quantitative estimate of drug-likeness (QED) is 0.832. The van der Waals surface area contributed by atoms with Crippen LogP contribution in [0.4, 0.5) is 0 Å². The summed E-state index contributed by atoms with van der Waals surface area (Å²) in [7, 11) is 0. The summed E-state index contributed by atoms with van der Waals surface area (Å²) >= 11 is 0. The normalized spacial score (nSPS) is 22.6. The van der Waals surface area contributed by atoms with Crippen molar-refractivity contribution in [3.63, 3.8) is 0 Å². The minimum atomic E-state index is 0.264. The molecule has 5 nitrogen and oxygen atoms in total. The van der Waals surface area contributed by atoms with E-state index in [1.807, 2.05) is 0 Å². The number of hydrogen-bond donors (Lipinski definition) is 1. The van der Waals surface area contributed by atoms with Crippen molar-refractivity contribution in [2.75, 3.05) is 13.2 Å². The molecule has 1 aliphatic heterocycles. The third-order valence-corrected chi connectivity index (χ3v) is 4.05. The molecule has 20 heavy (non-hydrogen) atoms. The van der Waals surface area contributed by atoms with E-state index in [1.165, 1.54) is 12.8 Å². The lowest BCUT2D eigenvalue weighted by atomic mass is 9.98. The van der Waals surface area contributed by atoms with Crippen molar-refractivity contribution in [3.8, 4) is 0 Å². The summed E-state index contributed by atoms with van der Waals surface area (Å²) in [5, 5.41) is 7.56. The Balaban J connectivity index is 1.95.